The van der Waals surface area contributed by atoms with E-state index in [0.29, 0.717) is 18.2 Å². The van der Waals surface area contributed by atoms with Gasteiger partial charge in [-0.15, -0.1) is 0 Å². The van der Waals surface area contributed by atoms with Crippen molar-refractivity contribution in [1.29, 1.82) is 0 Å². The molecule has 0 saturated heterocycles. The fourth-order valence-corrected chi connectivity index (χ4v) is 0.689. The van der Waals surface area contributed by atoms with Gasteiger partial charge in [-0.2, -0.15) is 5.10 Å². The van der Waals surface area contributed by atoms with Crippen molar-refractivity contribution in [3.63, 3.8) is 0 Å². The average Bonchev–Trinajstić information content (AvgIpc) is 2.50. The molecule has 0 fully saturated rings. The van der Waals surface area contributed by atoms with Crippen LogP contribution in [-0.2, 0) is 11.3 Å². The highest BCUT2D eigenvalue weighted by Gasteiger charge is 2.08. The lowest BCUT2D eigenvalue weighted by atomic mass is 10.4. The summed E-state index contributed by atoms with van der Waals surface area (Å²) in [7, 11) is 1.61. The Labute approximate surface area is 65.0 Å². The van der Waals surface area contributed by atoms with Crippen LogP contribution in [0.4, 0.5) is 0 Å². The lowest BCUT2D eigenvalue weighted by Gasteiger charge is -2.01. The first kappa shape index (κ1) is 8.16. The van der Waals surface area contributed by atoms with Crippen molar-refractivity contribution < 1.29 is 4.74 Å². The van der Waals surface area contributed by atoms with E-state index in [-0.39, 0.29) is 6.10 Å². The van der Waals surface area contributed by atoms with Crippen molar-refractivity contribution in [2.75, 3.05) is 7.11 Å². The highest BCUT2D eigenvalue weighted by Crippen LogP contribution is 2.08. The van der Waals surface area contributed by atoms with Crippen molar-refractivity contribution in [3.05, 3.63) is 11.6 Å². The predicted octanol–water partition coefficient (Wildman–Crippen LogP) is -0.0292. The Morgan fingerprint density at radius 1 is 1.73 bits per heavy atom. The Bertz CT molecular complexity index is 222. The number of nitrogens with zero attached hydrogens (tertiary/aromatic N) is 2. The number of aromatic amines is 1. The average molecular weight is 156 g/mol. The fraction of sp³-hybridized carbons (Fsp3) is 0.667. The van der Waals surface area contributed by atoms with E-state index in [1.807, 2.05) is 6.92 Å². The first-order valence-corrected chi connectivity index (χ1v) is 3.42. The quantitative estimate of drug-likeness (QED) is 0.644. The Balaban J connectivity index is 2.71. The van der Waals surface area contributed by atoms with Gasteiger partial charge in [-0.3, -0.25) is 5.10 Å². The van der Waals surface area contributed by atoms with Crippen LogP contribution in [0.1, 0.15) is 24.7 Å². The van der Waals surface area contributed by atoms with Gasteiger partial charge in [0.05, 0.1) is 6.54 Å². The molecule has 3 N–H and O–H groups in total. The molecule has 0 bridgehead atoms. The van der Waals surface area contributed by atoms with Crippen LogP contribution in [0, 0.1) is 0 Å². The minimum atomic E-state index is -0.0773. The number of ether oxygens (including phenoxy) is 1. The molecule has 1 aromatic heterocycles. The Hall–Kier alpha value is -0.940. The lowest BCUT2D eigenvalue weighted by molar-refractivity contribution is 0.112. The van der Waals surface area contributed by atoms with Crippen molar-refractivity contribution >= 4 is 0 Å². The molecule has 0 aromatic carbocycles. The highest BCUT2D eigenvalue weighted by molar-refractivity contribution is 4.92. The molecule has 1 unspecified atom stereocenters. The van der Waals surface area contributed by atoms with Crippen LogP contribution in [0.3, 0.4) is 0 Å². The summed E-state index contributed by atoms with van der Waals surface area (Å²) >= 11 is 0. The molecule has 0 radical (unpaired) electrons. The van der Waals surface area contributed by atoms with E-state index in [1.54, 1.807) is 7.11 Å². The normalized spacial score (nSPS) is 13.4. The summed E-state index contributed by atoms with van der Waals surface area (Å²) in [5.74, 6) is 1.33. The van der Waals surface area contributed by atoms with Gasteiger partial charge in [0.1, 0.15) is 11.9 Å². The second-order valence-corrected chi connectivity index (χ2v) is 2.22. The SMILES string of the molecule is COC(C)c1n[nH]c(CN)n1. The van der Waals surface area contributed by atoms with Gasteiger partial charge in [-0.25, -0.2) is 4.98 Å². The van der Waals surface area contributed by atoms with Gasteiger partial charge in [0.15, 0.2) is 5.82 Å². The zero-order valence-electron chi connectivity index (χ0n) is 6.66. The molecule has 1 heterocycles. The van der Waals surface area contributed by atoms with Crippen LogP contribution in [0.15, 0.2) is 0 Å². The lowest BCUT2D eigenvalue weighted by Crippen LogP contribution is -2.00. The molecule has 62 valence electrons. The number of nitrogens with one attached hydrogen (secondary N) is 1. The van der Waals surface area contributed by atoms with Gasteiger partial charge in [-0.1, -0.05) is 0 Å². The molecule has 0 amide bonds. The smallest absolute Gasteiger partial charge is 0.179 e. The summed E-state index contributed by atoms with van der Waals surface area (Å²) in [5.41, 5.74) is 5.33. The second-order valence-electron chi connectivity index (χ2n) is 2.22. The van der Waals surface area contributed by atoms with Gasteiger partial charge >= 0.3 is 0 Å². The van der Waals surface area contributed by atoms with E-state index in [9.17, 15) is 0 Å². The van der Waals surface area contributed by atoms with Gasteiger partial charge < -0.3 is 10.5 Å². The van der Waals surface area contributed by atoms with E-state index in [1.165, 1.54) is 0 Å². The first-order valence-electron chi connectivity index (χ1n) is 3.42. The third-order valence-electron chi connectivity index (χ3n) is 1.46. The molecule has 0 aliphatic heterocycles. The minimum absolute atomic E-state index is 0.0773. The van der Waals surface area contributed by atoms with Crippen molar-refractivity contribution in [1.82, 2.24) is 15.2 Å². The summed E-state index contributed by atoms with van der Waals surface area (Å²) < 4.78 is 5.01. The van der Waals surface area contributed by atoms with Crippen LogP contribution in [-0.4, -0.2) is 22.3 Å². The van der Waals surface area contributed by atoms with Crippen LogP contribution in [0.5, 0.6) is 0 Å². The standard InChI is InChI=1S/C6H12N4O/c1-4(11-2)6-8-5(3-7)9-10-6/h4H,3,7H2,1-2H3,(H,8,9,10). The molecular weight excluding hydrogens is 144 g/mol. The van der Waals surface area contributed by atoms with E-state index in [2.05, 4.69) is 15.2 Å². The summed E-state index contributed by atoms with van der Waals surface area (Å²) in [6, 6.07) is 0. The first-order chi connectivity index (χ1) is 5.27. The van der Waals surface area contributed by atoms with Crippen LogP contribution < -0.4 is 5.73 Å². The van der Waals surface area contributed by atoms with Crippen molar-refractivity contribution in [3.8, 4) is 0 Å². The third-order valence-corrected chi connectivity index (χ3v) is 1.46. The van der Waals surface area contributed by atoms with E-state index in [0.717, 1.165) is 0 Å². The zero-order valence-corrected chi connectivity index (χ0v) is 6.66. The van der Waals surface area contributed by atoms with E-state index < -0.39 is 0 Å². The van der Waals surface area contributed by atoms with Gasteiger partial charge in [-0.05, 0) is 6.92 Å². The maximum atomic E-state index is 5.33. The minimum Gasteiger partial charge on any atom is -0.374 e. The molecule has 11 heavy (non-hydrogen) atoms. The van der Waals surface area contributed by atoms with E-state index >= 15 is 0 Å². The number of hydrogen-bond donors (Lipinski definition) is 2. The summed E-state index contributed by atoms with van der Waals surface area (Å²) in [6.07, 6.45) is -0.0773. The van der Waals surface area contributed by atoms with Crippen LogP contribution >= 0.6 is 0 Å². The van der Waals surface area contributed by atoms with Crippen molar-refractivity contribution in [2.45, 2.75) is 19.6 Å². The van der Waals surface area contributed by atoms with Crippen LogP contribution in [0.2, 0.25) is 0 Å². The number of rotatable bonds is 3. The zero-order chi connectivity index (χ0) is 8.27. The Morgan fingerprint density at radius 2 is 2.45 bits per heavy atom. The number of methoxy groups -OCH3 is 1. The Kier molecular flexibility index (Phi) is 2.56. The maximum Gasteiger partial charge on any atom is 0.179 e. The highest BCUT2D eigenvalue weighted by atomic mass is 16.5. The van der Waals surface area contributed by atoms with Gasteiger partial charge in [0, 0.05) is 7.11 Å². The topological polar surface area (TPSA) is 76.8 Å². The van der Waals surface area contributed by atoms with Crippen molar-refractivity contribution in [2.24, 2.45) is 5.73 Å². The predicted molar refractivity (Wildman–Crippen MR) is 39.7 cm³/mol. The summed E-state index contributed by atoms with van der Waals surface area (Å²) in [5, 5.41) is 6.62. The molecule has 0 spiro atoms. The monoisotopic (exact) mass is 156 g/mol. The molecule has 0 aliphatic carbocycles. The number of nitrogens with two attached hydrogens (primary N) is 1. The fourth-order valence-electron chi connectivity index (χ4n) is 0.689. The number of H-pyrrole nitrogens is 1. The molecule has 5 nitrogen and oxygen atoms in total. The number of aromatic nitrogens is 3. The summed E-state index contributed by atoms with van der Waals surface area (Å²) in [6.45, 7) is 2.26. The van der Waals surface area contributed by atoms with Crippen LogP contribution in [0.25, 0.3) is 0 Å². The molecule has 5 heteroatoms. The molecule has 1 aromatic rings. The molecule has 1 rings (SSSR count). The molecule has 1 atom stereocenters. The van der Waals surface area contributed by atoms with Gasteiger partial charge in [0.2, 0.25) is 0 Å². The number of hydrogen-bond acceptors (Lipinski definition) is 4. The molecular formula is C6H12N4O. The second kappa shape index (κ2) is 3.45. The van der Waals surface area contributed by atoms with Gasteiger partial charge in [0.25, 0.3) is 0 Å². The summed E-state index contributed by atoms with van der Waals surface area (Å²) in [4.78, 5) is 4.08. The largest absolute Gasteiger partial charge is 0.374 e. The van der Waals surface area contributed by atoms with E-state index in [4.69, 9.17) is 10.5 Å². The molecule has 0 aliphatic rings. The maximum absolute atomic E-state index is 5.33. The Morgan fingerprint density at radius 3 is 2.91 bits per heavy atom. The molecule has 0 saturated carbocycles. The third kappa shape index (κ3) is 1.75.